The van der Waals surface area contributed by atoms with Gasteiger partial charge >= 0.3 is 5.97 Å². The third kappa shape index (κ3) is 3.43. The van der Waals surface area contributed by atoms with E-state index < -0.39 is 27.3 Å². The SMILES string of the molecule is CN(CCCO)S(=O)(=O)c1ccc(O)c(C(=O)O)c1. The van der Waals surface area contributed by atoms with E-state index in [9.17, 15) is 18.3 Å². The van der Waals surface area contributed by atoms with Gasteiger partial charge in [-0.25, -0.2) is 17.5 Å². The van der Waals surface area contributed by atoms with E-state index in [0.717, 1.165) is 22.5 Å². The normalized spacial score (nSPS) is 11.7. The van der Waals surface area contributed by atoms with Crippen LogP contribution in [0, 0.1) is 0 Å². The fraction of sp³-hybridized carbons (Fsp3) is 0.364. The van der Waals surface area contributed by atoms with Crippen molar-refractivity contribution in [3.05, 3.63) is 23.8 Å². The lowest BCUT2D eigenvalue weighted by atomic mass is 10.2. The molecule has 0 amide bonds. The van der Waals surface area contributed by atoms with Crippen molar-refractivity contribution in [3.63, 3.8) is 0 Å². The number of hydrogen-bond acceptors (Lipinski definition) is 5. The maximum absolute atomic E-state index is 12.1. The Labute approximate surface area is 110 Å². The summed E-state index contributed by atoms with van der Waals surface area (Å²) in [6.45, 7) is -0.0298. The van der Waals surface area contributed by atoms with E-state index >= 15 is 0 Å². The Morgan fingerprint density at radius 3 is 2.53 bits per heavy atom. The van der Waals surface area contributed by atoms with Crippen molar-refractivity contribution in [2.45, 2.75) is 11.3 Å². The van der Waals surface area contributed by atoms with E-state index in [1.807, 2.05) is 0 Å². The molecule has 0 saturated carbocycles. The summed E-state index contributed by atoms with van der Waals surface area (Å²) < 4.78 is 25.2. The zero-order valence-corrected chi connectivity index (χ0v) is 11.1. The highest BCUT2D eigenvalue weighted by molar-refractivity contribution is 7.89. The van der Waals surface area contributed by atoms with Crippen LogP contribution in [0.4, 0.5) is 0 Å². The first-order chi connectivity index (χ1) is 8.80. The summed E-state index contributed by atoms with van der Waals surface area (Å²) in [6, 6.07) is 3.06. The molecule has 0 atom stereocenters. The summed E-state index contributed by atoms with van der Waals surface area (Å²) in [4.78, 5) is 10.6. The molecule has 0 unspecified atom stereocenters. The van der Waals surface area contributed by atoms with Crippen molar-refractivity contribution in [3.8, 4) is 5.75 Å². The maximum atomic E-state index is 12.1. The molecule has 19 heavy (non-hydrogen) atoms. The Morgan fingerprint density at radius 2 is 2.00 bits per heavy atom. The van der Waals surface area contributed by atoms with E-state index in [1.165, 1.54) is 7.05 Å². The molecule has 1 aromatic carbocycles. The standard InChI is InChI=1S/C11H15NO6S/c1-12(5-2-6-13)19(17,18)8-3-4-10(14)9(7-8)11(15)16/h3-4,7,13-14H,2,5-6H2,1H3,(H,15,16). The van der Waals surface area contributed by atoms with Crippen molar-refractivity contribution in [2.24, 2.45) is 0 Å². The van der Waals surface area contributed by atoms with Gasteiger partial charge < -0.3 is 15.3 Å². The van der Waals surface area contributed by atoms with Crippen LogP contribution in [0.1, 0.15) is 16.8 Å². The number of carboxylic acids is 1. The van der Waals surface area contributed by atoms with Crippen molar-refractivity contribution in [1.29, 1.82) is 0 Å². The molecule has 0 radical (unpaired) electrons. The topological polar surface area (TPSA) is 115 Å². The zero-order chi connectivity index (χ0) is 14.6. The number of aliphatic hydroxyl groups is 1. The van der Waals surface area contributed by atoms with Gasteiger partial charge in [0.05, 0.1) is 4.90 Å². The Hall–Kier alpha value is -1.64. The van der Waals surface area contributed by atoms with Crippen molar-refractivity contribution < 1.29 is 28.5 Å². The van der Waals surface area contributed by atoms with Crippen LogP contribution in [-0.2, 0) is 10.0 Å². The quantitative estimate of drug-likeness (QED) is 0.684. The van der Waals surface area contributed by atoms with Crippen molar-refractivity contribution in [1.82, 2.24) is 4.31 Å². The summed E-state index contributed by atoms with van der Waals surface area (Å²) in [6.07, 6.45) is 0.277. The maximum Gasteiger partial charge on any atom is 0.339 e. The average molecular weight is 289 g/mol. The van der Waals surface area contributed by atoms with Crippen LogP contribution in [0.25, 0.3) is 0 Å². The smallest absolute Gasteiger partial charge is 0.339 e. The van der Waals surface area contributed by atoms with Crippen LogP contribution in [0.5, 0.6) is 5.75 Å². The summed E-state index contributed by atoms with van der Waals surface area (Å²) in [5, 5.41) is 26.8. The first-order valence-corrected chi connectivity index (χ1v) is 6.88. The van der Waals surface area contributed by atoms with Gasteiger partial charge in [0.25, 0.3) is 0 Å². The Balaban J connectivity index is 3.15. The molecule has 1 rings (SSSR count). The van der Waals surface area contributed by atoms with Crippen LogP contribution < -0.4 is 0 Å². The molecule has 0 fully saturated rings. The highest BCUT2D eigenvalue weighted by atomic mass is 32.2. The molecule has 0 bridgehead atoms. The van der Waals surface area contributed by atoms with Gasteiger partial charge in [0.2, 0.25) is 10.0 Å². The second-order valence-corrected chi connectivity index (χ2v) is 5.93. The number of carboxylic acid groups (broad SMARTS) is 1. The number of phenols is 1. The summed E-state index contributed by atoms with van der Waals surface area (Å²) in [5.41, 5.74) is -0.475. The second kappa shape index (κ2) is 6.00. The average Bonchev–Trinajstić information content (AvgIpc) is 2.35. The first-order valence-electron chi connectivity index (χ1n) is 5.44. The van der Waals surface area contributed by atoms with Gasteiger partial charge in [-0.1, -0.05) is 0 Å². The van der Waals surface area contributed by atoms with Crippen LogP contribution >= 0.6 is 0 Å². The van der Waals surface area contributed by atoms with Gasteiger partial charge in [-0.05, 0) is 24.6 Å². The lowest BCUT2D eigenvalue weighted by Crippen LogP contribution is -2.28. The van der Waals surface area contributed by atoms with E-state index in [4.69, 9.17) is 10.2 Å². The number of benzene rings is 1. The molecule has 0 aliphatic heterocycles. The fourth-order valence-corrected chi connectivity index (χ4v) is 2.68. The molecule has 1 aromatic rings. The van der Waals surface area contributed by atoms with Gasteiger partial charge in [0.15, 0.2) is 0 Å². The van der Waals surface area contributed by atoms with Crippen LogP contribution in [0.15, 0.2) is 23.1 Å². The Morgan fingerprint density at radius 1 is 1.37 bits per heavy atom. The van der Waals surface area contributed by atoms with Crippen LogP contribution in [-0.4, -0.2) is 54.2 Å². The fourth-order valence-electron chi connectivity index (χ4n) is 1.44. The van der Waals surface area contributed by atoms with E-state index in [0.29, 0.717) is 0 Å². The number of aromatic carboxylic acids is 1. The minimum absolute atomic E-state index is 0.113. The predicted octanol–water partition coefficient (Wildman–Crippen LogP) is 0.0933. The lowest BCUT2D eigenvalue weighted by molar-refractivity contribution is 0.0693. The summed E-state index contributed by atoms with van der Waals surface area (Å²) in [7, 11) is -2.50. The first kappa shape index (κ1) is 15.4. The van der Waals surface area contributed by atoms with Gasteiger partial charge in [0, 0.05) is 20.2 Å². The molecule has 8 heteroatoms. The molecule has 7 nitrogen and oxygen atoms in total. The molecular formula is C11H15NO6S. The molecular weight excluding hydrogens is 274 g/mol. The van der Waals surface area contributed by atoms with E-state index in [1.54, 1.807) is 0 Å². The molecule has 0 aliphatic carbocycles. The number of aromatic hydroxyl groups is 1. The summed E-state index contributed by atoms with van der Waals surface area (Å²) >= 11 is 0. The number of nitrogens with zero attached hydrogens (tertiary/aromatic N) is 1. The Bertz CT molecular complexity index is 569. The van der Waals surface area contributed by atoms with Crippen LogP contribution in [0.3, 0.4) is 0 Å². The number of carbonyl (C=O) groups is 1. The molecule has 0 saturated heterocycles. The van der Waals surface area contributed by atoms with Gasteiger partial charge in [-0.2, -0.15) is 0 Å². The number of rotatable bonds is 6. The van der Waals surface area contributed by atoms with Crippen LogP contribution in [0.2, 0.25) is 0 Å². The second-order valence-electron chi connectivity index (χ2n) is 3.89. The van der Waals surface area contributed by atoms with Gasteiger partial charge in [-0.15, -0.1) is 0 Å². The molecule has 3 N–H and O–H groups in total. The van der Waals surface area contributed by atoms with Gasteiger partial charge in [0.1, 0.15) is 11.3 Å². The third-order valence-electron chi connectivity index (χ3n) is 2.54. The zero-order valence-electron chi connectivity index (χ0n) is 10.3. The molecule has 106 valence electrons. The van der Waals surface area contributed by atoms with Crippen molar-refractivity contribution in [2.75, 3.05) is 20.2 Å². The third-order valence-corrected chi connectivity index (χ3v) is 4.39. The molecule has 0 aromatic heterocycles. The molecule has 0 spiro atoms. The molecule has 0 aliphatic rings. The minimum atomic E-state index is -3.84. The highest BCUT2D eigenvalue weighted by Crippen LogP contribution is 2.23. The van der Waals surface area contributed by atoms with Crippen molar-refractivity contribution >= 4 is 16.0 Å². The largest absolute Gasteiger partial charge is 0.507 e. The van der Waals surface area contributed by atoms with E-state index in [2.05, 4.69) is 0 Å². The summed E-state index contributed by atoms with van der Waals surface area (Å²) in [5.74, 6) is -1.91. The number of aliphatic hydroxyl groups excluding tert-OH is 1. The van der Waals surface area contributed by atoms with Gasteiger partial charge in [-0.3, -0.25) is 0 Å². The highest BCUT2D eigenvalue weighted by Gasteiger charge is 2.22. The van der Waals surface area contributed by atoms with E-state index in [-0.39, 0.29) is 24.5 Å². The Kier molecular flexibility index (Phi) is 4.87. The monoisotopic (exact) mass is 289 g/mol. The number of sulfonamides is 1. The predicted molar refractivity (Wildman–Crippen MR) is 66.6 cm³/mol. The lowest BCUT2D eigenvalue weighted by Gasteiger charge is -2.17. The minimum Gasteiger partial charge on any atom is -0.507 e. The molecule has 0 heterocycles. The number of hydrogen-bond donors (Lipinski definition) is 3.